The molecule has 0 aliphatic rings. The number of amides is 1. The Bertz CT molecular complexity index is 1220. The van der Waals surface area contributed by atoms with Crippen molar-refractivity contribution in [2.45, 2.75) is 72.3 Å². The van der Waals surface area contributed by atoms with Crippen LogP contribution in [-0.2, 0) is 4.79 Å². The second kappa shape index (κ2) is 12.3. The van der Waals surface area contributed by atoms with Crippen LogP contribution in [0.15, 0.2) is 47.3 Å². The van der Waals surface area contributed by atoms with Gasteiger partial charge in [-0.25, -0.2) is 9.37 Å². The third kappa shape index (κ3) is 6.29. The van der Waals surface area contributed by atoms with E-state index < -0.39 is 11.9 Å². The van der Waals surface area contributed by atoms with Crippen LogP contribution in [0.2, 0.25) is 5.02 Å². The molecule has 2 aromatic carbocycles. The molecule has 3 rings (SSSR count). The number of halogens is 2. The van der Waals surface area contributed by atoms with Gasteiger partial charge in [-0.2, -0.15) is 0 Å². The molecule has 0 aliphatic heterocycles. The molecule has 0 saturated carbocycles. The van der Waals surface area contributed by atoms with E-state index in [-0.39, 0.29) is 22.4 Å². The van der Waals surface area contributed by atoms with Crippen molar-refractivity contribution in [3.63, 3.8) is 0 Å². The van der Waals surface area contributed by atoms with Crippen molar-refractivity contribution < 1.29 is 9.18 Å². The fraction of sp³-hybridized carbons (Fsp3) is 0.464. The van der Waals surface area contributed by atoms with E-state index in [9.17, 15) is 14.0 Å². The van der Waals surface area contributed by atoms with Crippen LogP contribution >= 0.6 is 11.6 Å². The molecule has 1 aromatic heterocycles. The molecule has 7 heteroatoms. The summed E-state index contributed by atoms with van der Waals surface area (Å²) in [5, 5.41) is 0.375. The lowest BCUT2D eigenvalue weighted by atomic mass is 10.1. The molecule has 1 heterocycles. The topological polar surface area (TPSA) is 55.2 Å². The standard InChI is InChI=1S/C28H35ClFN3O2/c1-5-7-8-9-14-26(34)32(18-19(3)4)25(6-2)27-31-24-13-11-10-12-21(24)28(35)33(27)20-15-16-23(30)22(29)17-20/h10-13,15-17,19,25H,5-9,14,18H2,1-4H3. The minimum absolute atomic E-state index is 0.0627. The van der Waals surface area contributed by atoms with E-state index in [1.807, 2.05) is 17.9 Å². The summed E-state index contributed by atoms with van der Waals surface area (Å²) in [5.74, 6) is 0.202. The highest BCUT2D eigenvalue weighted by Gasteiger charge is 2.29. The van der Waals surface area contributed by atoms with Crippen LogP contribution in [0.3, 0.4) is 0 Å². The number of fused-ring (bicyclic) bond motifs is 1. The maximum Gasteiger partial charge on any atom is 0.266 e. The average Bonchev–Trinajstić information content (AvgIpc) is 2.83. The van der Waals surface area contributed by atoms with Crippen LogP contribution < -0.4 is 5.56 Å². The van der Waals surface area contributed by atoms with E-state index in [2.05, 4.69) is 20.8 Å². The zero-order valence-corrected chi connectivity index (χ0v) is 21.8. The number of carbonyl (C=O) groups is 1. The van der Waals surface area contributed by atoms with E-state index in [1.165, 1.54) is 22.8 Å². The van der Waals surface area contributed by atoms with Crippen LogP contribution in [0.1, 0.15) is 78.1 Å². The summed E-state index contributed by atoms with van der Waals surface area (Å²) in [4.78, 5) is 33.9. The molecule has 188 valence electrons. The molecule has 1 unspecified atom stereocenters. The van der Waals surface area contributed by atoms with Gasteiger partial charge in [0.1, 0.15) is 11.6 Å². The number of benzene rings is 2. The van der Waals surface area contributed by atoms with E-state index >= 15 is 0 Å². The Hall–Kier alpha value is -2.73. The van der Waals surface area contributed by atoms with Crippen LogP contribution in [0.5, 0.6) is 0 Å². The highest BCUT2D eigenvalue weighted by atomic mass is 35.5. The first kappa shape index (κ1) is 26.9. The largest absolute Gasteiger partial charge is 0.332 e. The number of unbranched alkanes of at least 4 members (excludes halogenated alkanes) is 3. The van der Waals surface area contributed by atoms with Gasteiger partial charge in [0.2, 0.25) is 5.91 Å². The lowest BCUT2D eigenvalue weighted by molar-refractivity contribution is -0.134. The zero-order valence-electron chi connectivity index (χ0n) is 21.1. The Kier molecular flexibility index (Phi) is 9.44. The van der Waals surface area contributed by atoms with Crippen molar-refractivity contribution in [3.8, 4) is 5.69 Å². The Labute approximate surface area is 211 Å². The molecule has 1 amide bonds. The number of aromatic nitrogens is 2. The van der Waals surface area contributed by atoms with E-state index in [1.54, 1.807) is 18.2 Å². The van der Waals surface area contributed by atoms with E-state index in [0.29, 0.717) is 41.8 Å². The predicted molar refractivity (Wildman–Crippen MR) is 141 cm³/mol. The van der Waals surface area contributed by atoms with Crippen molar-refractivity contribution >= 4 is 28.4 Å². The van der Waals surface area contributed by atoms with Gasteiger partial charge in [-0.05, 0) is 49.1 Å². The van der Waals surface area contributed by atoms with Crippen LogP contribution in [0, 0.1) is 11.7 Å². The fourth-order valence-electron chi connectivity index (χ4n) is 4.43. The molecular weight excluding hydrogens is 465 g/mol. The Morgan fingerprint density at radius 3 is 2.51 bits per heavy atom. The molecular formula is C28H35ClFN3O2. The fourth-order valence-corrected chi connectivity index (χ4v) is 4.61. The summed E-state index contributed by atoms with van der Waals surface area (Å²) in [7, 11) is 0. The molecule has 3 aromatic rings. The van der Waals surface area contributed by atoms with Gasteiger partial charge in [-0.1, -0.05) is 70.7 Å². The van der Waals surface area contributed by atoms with Gasteiger partial charge in [-0.3, -0.25) is 14.2 Å². The molecule has 1 atom stereocenters. The summed E-state index contributed by atoms with van der Waals surface area (Å²) in [6.07, 6.45) is 5.10. The maximum absolute atomic E-state index is 14.0. The number of para-hydroxylation sites is 1. The van der Waals surface area contributed by atoms with Crippen molar-refractivity contribution in [1.82, 2.24) is 14.5 Å². The van der Waals surface area contributed by atoms with Gasteiger partial charge in [0.05, 0.1) is 27.7 Å². The minimum atomic E-state index is -0.561. The van der Waals surface area contributed by atoms with Crippen molar-refractivity contribution in [2.24, 2.45) is 5.92 Å². The third-order valence-electron chi connectivity index (χ3n) is 6.15. The summed E-state index contributed by atoms with van der Waals surface area (Å²) in [5.41, 5.74) is 0.718. The highest BCUT2D eigenvalue weighted by Crippen LogP contribution is 2.29. The second-order valence-electron chi connectivity index (χ2n) is 9.40. The molecule has 0 radical (unpaired) electrons. The lowest BCUT2D eigenvalue weighted by Gasteiger charge is -2.33. The van der Waals surface area contributed by atoms with Crippen molar-refractivity contribution in [3.05, 3.63) is 69.5 Å². The van der Waals surface area contributed by atoms with Gasteiger partial charge in [0, 0.05) is 13.0 Å². The Balaban J connectivity index is 2.18. The monoisotopic (exact) mass is 499 g/mol. The first-order chi connectivity index (χ1) is 16.8. The quantitative estimate of drug-likeness (QED) is 0.265. The number of hydrogen-bond donors (Lipinski definition) is 0. The molecule has 0 saturated heterocycles. The number of hydrogen-bond acceptors (Lipinski definition) is 3. The van der Waals surface area contributed by atoms with Crippen molar-refractivity contribution in [2.75, 3.05) is 6.54 Å². The number of rotatable bonds is 11. The molecule has 0 bridgehead atoms. The Morgan fingerprint density at radius 1 is 1.11 bits per heavy atom. The normalized spacial score (nSPS) is 12.3. The second-order valence-corrected chi connectivity index (χ2v) is 9.81. The SMILES string of the molecule is CCCCCCC(=O)N(CC(C)C)C(CC)c1nc2ccccc2c(=O)n1-c1ccc(F)c(Cl)c1. The molecule has 0 aliphatic carbocycles. The summed E-state index contributed by atoms with van der Waals surface area (Å²) in [6, 6.07) is 10.9. The smallest absolute Gasteiger partial charge is 0.266 e. The molecule has 0 fully saturated rings. The molecule has 5 nitrogen and oxygen atoms in total. The average molecular weight is 500 g/mol. The first-order valence-corrected chi connectivity index (χ1v) is 12.9. The van der Waals surface area contributed by atoms with Crippen LogP contribution in [0.4, 0.5) is 4.39 Å². The van der Waals surface area contributed by atoms with E-state index in [4.69, 9.17) is 16.6 Å². The van der Waals surface area contributed by atoms with Crippen LogP contribution in [0.25, 0.3) is 16.6 Å². The van der Waals surface area contributed by atoms with Gasteiger partial charge in [0.15, 0.2) is 0 Å². The summed E-state index contributed by atoms with van der Waals surface area (Å²) < 4.78 is 15.4. The number of carbonyl (C=O) groups excluding carboxylic acids is 1. The Morgan fingerprint density at radius 2 is 1.86 bits per heavy atom. The molecule has 0 spiro atoms. The maximum atomic E-state index is 14.0. The summed E-state index contributed by atoms with van der Waals surface area (Å²) >= 11 is 6.09. The van der Waals surface area contributed by atoms with Gasteiger partial charge in [-0.15, -0.1) is 0 Å². The predicted octanol–water partition coefficient (Wildman–Crippen LogP) is 7.08. The van der Waals surface area contributed by atoms with Crippen LogP contribution in [-0.4, -0.2) is 26.9 Å². The number of nitrogens with zero attached hydrogens (tertiary/aromatic N) is 3. The highest BCUT2D eigenvalue weighted by molar-refractivity contribution is 6.30. The molecule has 35 heavy (non-hydrogen) atoms. The van der Waals surface area contributed by atoms with E-state index in [0.717, 1.165) is 25.7 Å². The van der Waals surface area contributed by atoms with Gasteiger partial charge < -0.3 is 4.90 Å². The summed E-state index contributed by atoms with van der Waals surface area (Å²) in [6.45, 7) is 8.84. The third-order valence-corrected chi connectivity index (χ3v) is 6.44. The first-order valence-electron chi connectivity index (χ1n) is 12.5. The zero-order chi connectivity index (χ0) is 25.5. The van der Waals surface area contributed by atoms with Gasteiger partial charge in [0.25, 0.3) is 5.56 Å². The van der Waals surface area contributed by atoms with Gasteiger partial charge >= 0.3 is 0 Å². The minimum Gasteiger partial charge on any atom is -0.332 e. The molecule has 0 N–H and O–H groups in total. The lowest BCUT2D eigenvalue weighted by Crippen LogP contribution is -2.40. The van der Waals surface area contributed by atoms with Crippen molar-refractivity contribution in [1.29, 1.82) is 0 Å².